The summed E-state index contributed by atoms with van der Waals surface area (Å²) < 4.78 is 6.75. The van der Waals surface area contributed by atoms with Gasteiger partial charge in [0.15, 0.2) is 0 Å². The average molecular weight is 318 g/mol. The molecule has 17 heavy (non-hydrogen) atoms. The molecule has 2 unspecified atom stereocenters. The van der Waals surface area contributed by atoms with Gasteiger partial charge in [-0.2, -0.15) is 0 Å². The van der Waals surface area contributed by atoms with Gasteiger partial charge in [-0.15, -0.1) is 0 Å². The highest BCUT2D eigenvalue weighted by atomic mass is 79.9. The van der Waals surface area contributed by atoms with Gasteiger partial charge in [-0.05, 0) is 31.5 Å². The van der Waals surface area contributed by atoms with Crippen LogP contribution < -0.4 is 4.74 Å². The first-order valence-corrected chi connectivity index (χ1v) is 6.79. The molecule has 1 fully saturated rings. The Kier molecular flexibility index (Phi) is 3.50. The number of carbonyl (C=O) groups excluding carboxylic acids is 1. The highest BCUT2D eigenvalue weighted by molar-refractivity contribution is 9.10. The fraction of sp³-hybridized carbons (Fsp3) is 0.462. The van der Waals surface area contributed by atoms with Crippen LogP contribution >= 0.6 is 27.5 Å². The molecule has 92 valence electrons. The number of carbonyl (C=O) groups is 1. The molecule has 2 atom stereocenters. The average Bonchev–Trinajstić information content (AvgIpc) is 2.30. The number of hydrogen-bond donors (Lipinski definition) is 0. The smallest absolute Gasteiger partial charge is 0.146 e. The molecule has 0 saturated heterocycles. The van der Waals surface area contributed by atoms with Gasteiger partial charge in [0, 0.05) is 10.9 Å². The predicted molar refractivity (Wildman–Crippen MR) is 71.6 cm³/mol. The topological polar surface area (TPSA) is 26.3 Å². The third-order valence-electron chi connectivity index (χ3n) is 3.62. The molecule has 1 aliphatic rings. The summed E-state index contributed by atoms with van der Waals surface area (Å²) in [6.07, 6.45) is 1.22. The van der Waals surface area contributed by atoms with Crippen molar-refractivity contribution in [3.05, 3.63) is 27.7 Å². The van der Waals surface area contributed by atoms with Crippen LogP contribution in [0.1, 0.15) is 26.7 Å². The summed E-state index contributed by atoms with van der Waals surface area (Å²) in [5.74, 6) is 0.922. The van der Waals surface area contributed by atoms with Crippen molar-refractivity contribution in [1.29, 1.82) is 0 Å². The minimum atomic E-state index is -0.351. The van der Waals surface area contributed by atoms with Crippen LogP contribution in [0.4, 0.5) is 0 Å². The maximum atomic E-state index is 11.6. The van der Waals surface area contributed by atoms with Crippen molar-refractivity contribution >= 4 is 33.3 Å². The summed E-state index contributed by atoms with van der Waals surface area (Å²) in [6.45, 7) is 3.97. The molecule has 1 aliphatic carbocycles. The van der Waals surface area contributed by atoms with Gasteiger partial charge in [-0.25, -0.2) is 0 Å². The number of ether oxygens (including phenoxy) is 1. The number of rotatable bonds is 3. The monoisotopic (exact) mass is 316 g/mol. The van der Waals surface area contributed by atoms with Gasteiger partial charge in [0.2, 0.25) is 0 Å². The van der Waals surface area contributed by atoms with Crippen LogP contribution in [0.15, 0.2) is 22.7 Å². The van der Waals surface area contributed by atoms with E-state index in [1.165, 1.54) is 0 Å². The minimum absolute atomic E-state index is 0.0568. The molecule has 1 aromatic rings. The maximum Gasteiger partial charge on any atom is 0.146 e. The third kappa shape index (κ3) is 2.23. The number of ketones is 1. The Morgan fingerprint density at radius 1 is 1.59 bits per heavy atom. The minimum Gasteiger partial charge on any atom is -0.487 e. The van der Waals surface area contributed by atoms with Gasteiger partial charge in [-0.3, -0.25) is 4.79 Å². The van der Waals surface area contributed by atoms with Crippen LogP contribution in [0.3, 0.4) is 0 Å². The van der Waals surface area contributed by atoms with Crippen molar-refractivity contribution in [3.63, 3.8) is 0 Å². The van der Waals surface area contributed by atoms with Gasteiger partial charge in [0.25, 0.3) is 0 Å². The summed E-state index contributed by atoms with van der Waals surface area (Å²) in [5, 5.41) is 0.567. The molecule has 0 bridgehead atoms. The predicted octanol–water partition coefficient (Wildman–Crippen LogP) is 4.24. The van der Waals surface area contributed by atoms with E-state index in [1.54, 1.807) is 6.07 Å². The first-order chi connectivity index (χ1) is 7.97. The number of hydrogen-bond acceptors (Lipinski definition) is 2. The van der Waals surface area contributed by atoms with Crippen molar-refractivity contribution in [2.75, 3.05) is 0 Å². The Labute approximate surface area is 114 Å². The molecule has 4 heteroatoms. The molecular formula is C13H14BrClO2. The molecule has 0 heterocycles. The SMILES string of the molecule is CCC1(C)C(=O)CC1Oc1ccc(Br)cc1Cl. The van der Waals surface area contributed by atoms with Crippen LogP contribution in [-0.4, -0.2) is 11.9 Å². The largest absolute Gasteiger partial charge is 0.487 e. The van der Waals surface area contributed by atoms with Crippen molar-refractivity contribution in [1.82, 2.24) is 0 Å². The summed E-state index contributed by atoms with van der Waals surface area (Å²) in [6, 6.07) is 5.50. The van der Waals surface area contributed by atoms with E-state index >= 15 is 0 Å². The van der Waals surface area contributed by atoms with Crippen molar-refractivity contribution in [2.24, 2.45) is 5.41 Å². The number of benzene rings is 1. The normalized spacial score (nSPS) is 27.8. The Hall–Kier alpha value is -0.540. The fourth-order valence-corrected chi connectivity index (χ4v) is 2.71. The second kappa shape index (κ2) is 4.62. The molecule has 0 aromatic heterocycles. The van der Waals surface area contributed by atoms with Crippen LogP contribution in [0.25, 0.3) is 0 Å². The van der Waals surface area contributed by atoms with Gasteiger partial charge in [0.05, 0.1) is 10.4 Å². The summed E-state index contributed by atoms with van der Waals surface area (Å²) >= 11 is 9.43. The lowest BCUT2D eigenvalue weighted by molar-refractivity contribution is -0.150. The second-order valence-corrected chi connectivity index (χ2v) is 5.90. The Morgan fingerprint density at radius 2 is 2.29 bits per heavy atom. The number of halogens is 2. The van der Waals surface area contributed by atoms with E-state index in [-0.39, 0.29) is 17.3 Å². The Bertz CT molecular complexity index is 461. The number of Topliss-reactive ketones (excluding diaryl/α,β-unsaturated/α-hetero) is 1. The molecule has 0 aliphatic heterocycles. The first kappa shape index (κ1) is 12.9. The Balaban J connectivity index is 2.15. The van der Waals surface area contributed by atoms with Crippen molar-refractivity contribution < 1.29 is 9.53 Å². The van der Waals surface area contributed by atoms with Gasteiger partial charge in [0.1, 0.15) is 17.6 Å². The van der Waals surface area contributed by atoms with E-state index < -0.39 is 0 Å². The van der Waals surface area contributed by atoms with Crippen LogP contribution in [-0.2, 0) is 4.79 Å². The molecule has 0 amide bonds. The van der Waals surface area contributed by atoms with E-state index in [1.807, 2.05) is 26.0 Å². The van der Waals surface area contributed by atoms with Crippen molar-refractivity contribution in [2.45, 2.75) is 32.8 Å². The highest BCUT2D eigenvalue weighted by Crippen LogP contribution is 2.43. The highest BCUT2D eigenvalue weighted by Gasteiger charge is 2.51. The molecule has 1 saturated carbocycles. The maximum absolute atomic E-state index is 11.6. The zero-order chi connectivity index (χ0) is 12.6. The van der Waals surface area contributed by atoms with Gasteiger partial charge in [-0.1, -0.05) is 34.5 Å². The third-order valence-corrected chi connectivity index (χ3v) is 4.40. The quantitative estimate of drug-likeness (QED) is 0.833. The standard InChI is InChI=1S/C13H14BrClO2/c1-3-13(2)11(16)7-12(13)17-10-5-4-8(14)6-9(10)15/h4-6,12H,3,7H2,1-2H3. The van der Waals surface area contributed by atoms with Crippen LogP contribution in [0, 0.1) is 5.41 Å². The summed E-state index contributed by atoms with van der Waals surface area (Å²) in [4.78, 5) is 11.6. The van der Waals surface area contributed by atoms with Crippen LogP contribution in [0.2, 0.25) is 5.02 Å². The zero-order valence-corrected chi connectivity index (χ0v) is 12.1. The second-order valence-electron chi connectivity index (χ2n) is 4.58. The molecule has 2 rings (SSSR count). The first-order valence-electron chi connectivity index (χ1n) is 5.62. The lowest BCUT2D eigenvalue weighted by Crippen LogP contribution is -2.54. The van der Waals surface area contributed by atoms with E-state index in [0.717, 1.165) is 10.9 Å². The lowest BCUT2D eigenvalue weighted by atomic mass is 9.64. The molecular weight excluding hydrogens is 303 g/mol. The molecule has 0 N–H and O–H groups in total. The van der Waals surface area contributed by atoms with E-state index in [9.17, 15) is 4.79 Å². The Morgan fingerprint density at radius 3 is 2.82 bits per heavy atom. The molecule has 2 nitrogen and oxygen atoms in total. The van der Waals surface area contributed by atoms with Crippen LogP contribution in [0.5, 0.6) is 5.75 Å². The van der Waals surface area contributed by atoms with Crippen molar-refractivity contribution in [3.8, 4) is 5.75 Å². The molecule has 0 spiro atoms. The molecule has 1 aromatic carbocycles. The zero-order valence-electron chi connectivity index (χ0n) is 9.80. The lowest BCUT2D eigenvalue weighted by Gasteiger charge is -2.44. The summed E-state index contributed by atoms with van der Waals surface area (Å²) in [5.41, 5.74) is -0.351. The fourth-order valence-electron chi connectivity index (χ4n) is 2.00. The van der Waals surface area contributed by atoms with E-state index in [4.69, 9.17) is 16.3 Å². The van der Waals surface area contributed by atoms with Gasteiger partial charge >= 0.3 is 0 Å². The van der Waals surface area contributed by atoms with E-state index in [0.29, 0.717) is 17.2 Å². The van der Waals surface area contributed by atoms with Gasteiger partial charge < -0.3 is 4.74 Å². The summed E-state index contributed by atoms with van der Waals surface area (Å²) in [7, 11) is 0. The van der Waals surface area contributed by atoms with E-state index in [2.05, 4.69) is 15.9 Å². The molecule has 0 radical (unpaired) electrons.